The van der Waals surface area contributed by atoms with Crippen LogP contribution in [0, 0.1) is 0 Å². The molecule has 174 valence electrons. The van der Waals surface area contributed by atoms with Crippen LogP contribution in [0.1, 0.15) is 49.9 Å². The second-order valence-corrected chi connectivity index (χ2v) is 8.04. The first-order valence-electron chi connectivity index (χ1n) is 11.1. The van der Waals surface area contributed by atoms with Gasteiger partial charge in [0.2, 0.25) is 11.7 Å². The summed E-state index contributed by atoms with van der Waals surface area (Å²) in [5.41, 5.74) is 1.93. The molecule has 0 saturated heterocycles. The summed E-state index contributed by atoms with van der Waals surface area (Å²) in [6.45, 7) is 5.36. The van der Waals surface area contributed by atoms with E-state index in [-0.39, 0.29) is 18.4 Å². The summed E-state index contributed by atoms with van der Waals surface area (Å²) in [6.07, 6.45) is 0.272. The highest BCUT2D eigenvalue weighted by Crippen LogP contribution is 2.17. The Labute approximate surface area is 192 Å². The van der Waals surface area contributed by atoms with Crippen LogP contribution in [0.2, 0.25) is 0 Å². The van der Waals surface area contributed by atoms with Crippen molar-refractivity contribution in [1.29, 1.82) is 0 Å². The van der Waals surface area contributed by atoms with E-state index in [0.717, 1.165) is 5.56 Å². The van der Waals surface area contributed by atoms with Crippen LogP contribution in [-0.4, -0.2) is 41.0 Å². The van der Waals surface area contributed by atoms with E-state index >= 15 is 0 Å². The fourth-order valence-corrected chi connectivity index (χ4v) is 3.41. The van der Waals surface area contributed by atoms with Crippen molar-refractivity contribution in [2.45, 2.75) is 58.2 Å². The molecule has 3 rings (SSSR count). The number of benzene rings is 2. The van der Waals surface area contributed by atoms with Gasteiger partial charge in [0.15, 0.2) is 5.58 Å². The highest BCUT2D eigenvalue weighted by Gasteiger charge is 2.30. The molecule has 1 aromatic heterocycles. The van der Waals surface area contributed by atoms with Crippen LogP contribution in [0.5, 0.6) is 0 Å². The van der Waals surface area contributed by atoms with Crippen molar-refractivity contribution in [3.05, 3.63) is 66.1 Å². The molecule has 2 atom stereocenters. The second kappa shape index (κ2) is 11.3. The third kappa shape index (κ3) is 6.65. The number of ether oxygens (including phenoxy) is 1. The Balaban J connectivity index is 1.78. The molecular weight excluding hydrogens is 422 g/mol. The number of Topliss-reactive ketones (excluding diaryl/α,β-unsaturated/α-hetero) is 1. The fourth-order valence-electron chi connectivity index (χ4n) is 3.41. The van der Waals surface area contributed by atoms with Gasteiger partial charge in [-0.1, -0.05) is 55.8 Å². The Morgan fingerprint density at radius 1 is 0.970 bits per heavy atom. The fraction of sp³-hybridized carbons (Fsp3) is 0.360. The van der Waals surface area contributed by atoms with Gasteiger partial charge in [0.25, 0.3) is 5.89 Å². The molecule has 2 N–H and O–H groups in total. The smallest absolute Gasteiger partial charge is 0.408 e. The maximum atomic E-state index is 13.2. The van der Waals surface area contributed by atoms with E-state index in [0.29, 0.717) is 23.9 Å². The summed E-state index contributed by atoms with van der Waals surface area (Å²) in [6, 6.07) is 14.6. The summed E-state index contributed by atoms with van der Waals surface area (Å²) in [7, 11) is 0. The molecule has 0 aliphatic rings. The number of carbonyl (C=O) groups excluding carboxylic acids is 3. The lowest BCUT2D eigenvalue weighted by atomic mass is 10.0. The van der Waals surface area contributed by atoms with Gasteiger partial charge >= 0.3 is 6.09 Å². The summed E-state index contributed by atoms with van der Waals surface area (Å²) in [4.78, 5) is 42.8. The van der Waals surface area contributed by atoms with Gasteiger partial charge in [0.05, 0.1) is 12.1 Å². The van der Waals surface area contributed by atoms with Crippen molar-refractivity contribution in [1.82, 2.24) is 15.6 Å². The summed E-state index contributed by atoms with van der Waals surface area (Å²) in [5, 5.41) is 5.40. The lowest BCUT2D eigenvalue weighted by Gasteiger charge is -2.22. The van der Waals surface area contributed by atoms with Gasteiger partial charge in [-0.05, 0) is 38.0 Å². The van der Waals surface area contributed by atoms with Crippen molar-refractivity contribution < 1.29 is 23.5 Å². The van der Waals surface area contributed by atoms with Crippen LogP contribution in [-0.2, 0) is 16.0 Å². The molecule has 0 radical (unpaired) electrons. The van der Waals surface area contributed by atoms with Crippen LogP contribution in [0.15, 0.2) is 59.0 Å². The Hall–Kier alpha value is -3.68. The molecule has 2 amide bonds. The zero-order chi connectivity index (χ0) is 23.8. The first kappa shape index (κ1) is 24.0. The maximum absolute atomic E-state index is 13.2. The van der Waals surface area contributed by atoms with Crippen LogP contribution in [0.25, 0.3) is 11.1 Å². The van der Waals surface area contributed by atoms with Gasteiger partial charge in [-0.3, -0.25) is 9.59 Å². The number of rotatable bonds is 10. The zero-order valence-electron chi connectivity index (χ0n) is 19.0. The molecule has 8 heteroatoms. The van der Waals surface area contributed by atoms with Gasteiger partial charge in [-0.15, -0.1) is 0 Å². The first-order valence-corrected chi connectivity index (χ1v) is 11.1. The van der Waals surface area contributed by atoms with E-state index in [9.17, 15) is 14.4 Å². The van der Waals surface area contributed by atoms with E-state index in [1.807, 2.05) is 37.3 Å². The molecule has 0 unspecified atom stereocenters. The van der Waals surface area contributed by atoms with E-state index in [2.05, 4.69) is 15.6 Å². The molecule has 1 heterocycles. The van der Waals surface area contributed by atoms with Crippen LogP contribution >= 0.6 is 0 Å². The Morgan fingerprint density at radius 2 is 1.67 bits per heavy atom. The highest BCUT2D eigenvalue weighted by atomic mass is 16.6. The van der Waals surface area contributed by atoms with Gasteiger partial charge in [0.1, 0.15) is 11.6 Å². The standard InChI is InChI=1S/C25H29N3O5/c1-4-10-19(22(29)24-27-18-13-8-9-14-21(18)33-24)26-23(30)20(28-25(31)32-16(2)3)15-17-11-6-5-7-12-17/h5-9,11-14,16,19-20H,4,10,15H2,1-3H3,(H,26,30)(H,28,31)/t19-,20-/m0/s1. The predicted octanol–water partition coefficient (Wildman–Crippen LogP) is 4.04. The lowest BCUT2D eigenvalue weighted by molar-refractivity contribution is -0.123. The van der Waals surface area contributed by atoms with Crippen molar-refractivity contribution in [3.8, 4) is 0 Å². The van der Waals surface area contributed by atoms with Gasteiger partial charge in [-0.2, -0.15) is 0 Å². The van der Waals surface area contributed by atoms with Crippen molar-refractivity contribution in [2.75, 3.05) is 0 Å². The minimum Gasteiger partial charge on any atom is -0.447 e. The van der Waals surface area contributed by atoms with Crippen LogP contribution in [0.4, 0.5) is 4.79 Å². The van der Waals surface area contributed by atoms with E-state index in [1.54, 1.807) is 38.1 Å². The SMILES string of the molecule is CCC[C@H](NC(=O)[C@H](Cc1ccccc1)NC(=O)OC(C)C)C(=O)c1nc2ccccc2o1. The Morgan fingerprint density at radius 3 is 2.33 bits per heavy atom. The number of fused-ring (bicyclic) bond motifs is 1. The minimum atomic E-state index is -0.922. The number of aromatic nitrogens is 1. The van der Waals surface area contributed by atoms with Crippen molar-refractivity contribution in [2.24, 2.45) is 0 Å². The monoisotopic (exact) mass is 451 g/mol. The van der Waals surface area contributed by atoms with E-state index in [4.69, 9.17) is 9.15 Å². The average molecular weight is 452 g/mol. The summed E-state index contributed by atoms with van der Waals surface area (Å²) in [5.74, 6) is -0.950. The Bertz CT molecular complexity index is 1060. The molecule has 0 aliphatic heterocycles. The number of alkyl carbamates (subject to hydrolysis) is 1. The second-order valence-electron chi connectivity index (χ2n) is 8.04. The quantitative estimate of drug-likeness (QED) is 0.450. The topological polar surface area (TPSA) is 111 Å². The van der Waals surface area contributed by atoms with E-state index in [1.165, 1.54) is 0 Å². The normalized spacial score (nSPS) is 12.8. The van der Waals surface area contributed by atoms with Gasteiger partial charge < -0.3 is 19.8 Å². The van der Waals surface area contributed by atoms with E-state index < -0.39 is 29.9 Å². The predicted molar refractivity (Wildman–Crippen MR) is 124 cm³/mol. The molecule has 2 aromatic carbocycles. The molecule has 3 aromatic rings. The number of para-hydroxylation sites is 2. The molecule has 0 aliphatic carbocycles. The molecule has 0 bridgehead atoms. The van der Waals surface area contributed by atoms with Crippen molar-refractivity contribution >= 4 is 28.9 Å². The third-order valence-electron chi connectivity index (χ3n) is 4.95. The maximum Gasteiger partial charge on any atom is 0.408 e. The Kier molecular flexibility index (Phi) is 8.18. The number of amides is 2. The van der Waals surface area contributed by atoms with Gasteiger partial charge in [0, 0.05) is 6.42 Å². The lowest BCUT2D eigenvalue weighted by Crippen LogP contribution is -2.52. The molecule has 0 saturated carbocycles. The average Bonchev–Trinajstić information content (AvgIpc) is 3.22. The molecule has 8 nitrogen and oxygen atoms in total. The highest BCUT2D eigenvalue weighted by molar-refractivity contribution is 6.00. The third-order valence-corrected chi connectivity index (χ3v) is 4.95. The van der Waals surface area contributed by atoms with Crippen LogP contribution in [0.3, 0.4) is 0 Å². The molecule has 33 heavy (non-hydrogen) atoms. The zero-order valence-corrected chi connectivity index (χ0v) is 19.0. The number of nitrogens with one attached hydrogen (secondary N) is 2. The summed E-state index contributed by atoms with van der Waals surface area (Å²) < 4.78 is 10.8. The number of hydrogen-bond donors (Lipinski definition) is 2. The van der Waals surface area contributed by atoms with Crippen LogP contribution < -0.4 is 10.6 Å². The minimum absolute atomic E-state index is 0.0539. The number of hydrogen-bond acceptors (Lipinski definition) is 6. The number of carbonyl (C=O) groups is 3. The number of ketones is 1. The molecule has 0 fully saturated rings. The number of oxazole rings is 1. The molecular formula is C25H29N3O5. The number of nitrogens with zero attached hydrogens (tertiary/aromatic N) is 1. The van der Waals surface area contributed by atoms with Gasteiger partial charge in [-0.25, -0.2) is 9.78 Å². The first-order chi connectivity index (χ1) is 15.9. The van der Waals surface area contributed by atoms with Crippen molar-refractivity contribution in [3.63, 3.8) is 0 Å². The summed E-state index contributed by atoms with van der Waals surface area (Å²) >= 11 is 0. The largest absolute Gasteiger partial charge is 0.447 e. The molecule has 0 spiro atoms.